The molecule has 0 spiro atoms. The fourth-order valence-corrected chi connectivity index (χ4v) is 3.83. The SMILES string of the molecule is CN(C)C(=O)c1cccc(-c2nn3c(c2C(=O)Nc2ccc(C#N)cc2)CN(C(N)=O)CC3)c1. The molecule has 0 fully saturated rings. The van der Waals surface area contributed by atoms with E-state index in [1.54, 1.807) is 67.3 Å². The zero-order chi connectivity index (χ0) is 24.4. The van der Waals surface area contributed by atoms with E-state index in [1.807, 2.05) is 6.07 Å². The second kappa shape index (κ2) is 9.07. The summed E-state index contributed by atoms with van der Waals surface area (Å²) in [7, 11) is 3.33. The summed E-state index contributed by atoms with van der Waals surface area (Å²) in [5, 5.41) is 16.5. The summed E-state index contributed by atoms with van der Waals surface area (Å²) in [6.07, 6.45) is 0. The molecule has 4 rings (SSSR count). The highest BCUT2D eigenvalue weighted by atomic mass is 16.2. The van der Waals surface area contributed by atoms with Crippen LogP contribution in [0.25, 0.3) is 11.3 Å². The lowest BCUT2D eigenvalue weighted by molar-refractivity contribution is 0.0827. The second-order valence-corrected chi connectivity index (χ2v) is 8.08. The lowest BCUT2D eigenvalue weighted by atomic mass is 10.0. The van der Waals surface area contributed by atoms with Crippen LogP contribution in [0.3, 0.4) is 0 Å². The lowest BCUT2D eigenvalue weighted by Crippen LogP contribution is -2.42. The summed E-state index contributed by atoms with van der Waals surface area (Å²) >= 11 is 0. The molecule has 1 aliphatic rings. The molecule has 0 bridgehead atoms. The van der Waals surface area contributed by atoms with Gasteiger partial charge in [0, 0.05) is 37.5 Å². The van der Waals surface area contributed by atoms with Gasteiger partial charge in [0.25, 0.3) is 11.8 Å². The minimum absolute atomic E-state index is 0.134. The Kier molecular flexibility index (Phi) is 6.01. The maximum atomic E-state index is 13.5. The second-order valence-electron chi connectivity index (χ2n) is 8.08. The van der Waals surface area contributed by atoms with E-state index in [0.29, 0.717) is 52.4 Å². The van der Waals surface area contributed by atoms with E-state index in [-0.39, 0.29) is 12.5 Å². The number of carbonyl (C=O) groups excluding carboxylic acids is 3. The van der Waals surface area contributed by atoms with E-state index in [1.165, 1.54) is 9.80 Å². The van der Waals surface area contributed by atoms with Crippen molar-refractivity contribution in [2.24, 2.45) is 5.73 Å². The summed E-state index contributed by atoms with van der Waals surface area (Å²) in [6, 6.07) is 14.9. The molecule has 10 heteroatoms. The third kappa shape index (κ3) is 4.31. The first-order valence-corrected chi connectivity index (χ1v) is 10.6. The van der Waals surface area contributed by atoms with Crippen LogP contribution in [-0.2, 0) is 13.1 Å². The smallest absolute Gasteiger partial charge is 0.315 e. The number of benzene rings is 2. The largest absolute Gasteiger partial charge is 0.351 e. The number of nitrogens with zero attached hydrogens (tertiary/aromatic N) is 5. The van der Waals surface area contributed by atoms with Crippen LogP contribution in [-0.4, -0.2) is 58.1 Å². The Labute approximate surface area is 196 Å². The van der Waals surface area contributed by atoms with E-state index in [0.717, 1.165) is 0 Å². The number of hydrogen-bond acceptors (Lipinski definition) is 5. The van der Waals surface area contributed by atoms with Crippen LogP contribution in [0.2, 0.25) is 0 Å². The zero-order valence-electron chi connectivity index (χ0n) is 18.8. The van der Waals surface area contributed by atoms with Crippen LogP contribution in [0.4, 0.5) is 10.5 Å². The van der Waals surface area contributed by atoms with Gasteiger partial charge in [0.05, 0.1) is 36.0 Å². The molecule has 2 heterocycles. The van der Waals surface area contributed by atoms with Gasteiger partial charge in [-0.1, -0.05) is 12.1 Å². The zero-order valence-corrected chi connectivity index (χ0v) is 18.8. The molecule has 34 heavy (non-hydrogen) atoms. The number of aromatic nitrogens is 2. The van der Waals surface area contributed by atoms with Crippen molar-refractivity contribution in [1.29, 1.82) is 5.26 Å². The highest BCUT2D eigenvalue weighted by molar-refractivity contribution is 6.09. The first kappa shape index (κ1) is 22.5. The van der Waals surface area contributed by atoms with Gasteiger partial charge in [-0.15, -0.1) is 0 Å². The van der Waals surface area contributed by atoms with Crippen LogP contribution < -0.4 is 11.1 Å². The van der Waals surface area contributed by atoms with Gasteiger partial charge in [0.15, 0.2) is 0 Å². The molecule has 0 aliphatic carbocycles. The third-order valence-corrected chi connectivity index (χ3v) is 5.58. The number of nitrogens with one attached hydrogen (secondary N) is 1. The minimum atomic E-state index is -0.578. The van der Waals surface area contributed by atoms with Crippen molar-refractivity contribution in [3.63, 3.8) is 0 Å². The summed E-state index contributed by atoms with van der Waals surface area (Å²) in [5.74, 6) is -0.592. The molecule has 0 saturated heterocycles. The molecule has 0 atom stereocenters. The number of amides is 4. The molecule has 0 radical (unpaired) electrons. The number of hydrogen-bond donors (Lipinski definition) is 2. The highest BCUT2D eigenvalue weighted by Gasteiger charge is 2.30. The molecule has 2 aromatic carbocycles. The first-order valence-electron chi connectivity index (χ1n) is 10.6. The first-order chi connectivity index (χ1) is 16.3. The quantitative estimate of drug-likeness (QED) is 0.619. The van der Waals surface area contributed by atoms with Crippen molar-refractivity contribution in [1.82, 2.24) is 19.6 Å². The van der Waals surface area contributed by atoms with E-state index in [4.69, 9.17) is 11.0 Å². The molecule has 4 amide bonds. The van der Waals surface area contributed by atoms with E-state index in [2.05, 4.69) is 10.4 Å². The number of anilines is 1. The predicted molar refractivity (Wildman–Crippen MR) is 125 cm³/mol. The fraction of sp³-hybridized carbons (Fsp3) is 0.208. The molecule has 1 aromatic heterocycles. The van der Waals surface area contributed by atoms with Gasteiger partial charge < -0.3 is 20.9 Å². The molecule has 1 aliphatic heterocycles. The van der Waals surface area contributed by atoms with Crippen molar-refractivity contribution in [2.75, 3.05) is 26.0 Å². The van der Waals surface area contributed by atoms with Gasteiger partial charge in [-0.25, -0.2) is 4.79 Å². The third-order valence-electron chi connectivity index (χ3n) is 5.58. The Morgan fingerprint density at radius 1 is 1.12 bits per heavy atom. The topological polar surface area (TPSA) is 137 Å². The Morgan fingerprint density at radius 2 is 1.85 bits per heavy atom. The summed E-state index contributed by atoms with van der Waals surface area (Å²) < 4.78 is 1.70. The van der Waals surface area contributed by atoms with E-state index < -0.39 is 11.9 Å². The average Bonchev–Trinajstić information content (AvgIpc) is 3.23. The average molecular weight is 457 g/mol. The van der Waals surface area contributed by atoms with Gasteiger partial charge >= 0.3 is 6.03 Å². The van der Waals surface area contributed by atoms with Crippen LogP contribution in [0.15, 0.2) is 48.5 Å². The van der Waals surface area contributed by atoms with Gasteiger partial charge in [-0.2, -0.15) is 10.4 Å². The number of urea groups is 1. The number of fused-ring (bicyclic) bond motifs is 1. The lowest BCUT2D eigenvalue weighted by Gasteiger charge is -2.26. The van der Waals surface area contributed by atoms with Crippen molar-refractivity contribution in [2.45, 2.75) is 13.1 Å². The Morgan fingerprint density at radius 3 is 2.50 bits per heavy atom. The van der Waals surface area contributed by atoms with Gasteiger partial charge in [-0.3, -0.25) is 14.3 Å². The van der Waals surface area contributed by atoms with Crippen molar-refractivity contribution < 1.29 is 14.4 Å². The molecule has 3 aromatic rings. The molecule has 10 nitrogen and oxygen atoms in total. The maximum absolute atomic E-state index is 13.5. The van der Waals surface area contributed by atoms with Gasteiger partial charge in [0.2, 0.25) is 0 Å². The van der Waals surface area contributed by atoms with Gasteiger partial charge in [-0.05, 0) is 36.4 Å². The summed E-state index contributed by atoms with van der Waals surface area (Å²) in [6.45, 7) is 0.889. The number of rotatable bonds is 4. The summed E-state index contributed by atoms with van der Waals surface area (Å²) in [4.78, 5) is 40.7. The van der Waals surface area contributed by atoms with Crippen LogP contribution in [0, 0.1) is 11.3 Å². The predicted octanol–water partition coefficient (Wildman–Crippen LogP) is 2.27. The van der Waals surface area contributed by atoms with Crippen molar-refractivity contribution in [3.8, 4) is 17.3 Å². The molecule has 0 saturated carbocycles. The molecule has 0 unspecified atom stereocenters. The van der Waals surface area contributed by atoms with Crippen molar-refractivity contribution >= 4 is 23.5 Å². The number of nitrogens with two attached hydrogens (primary N) is 1. The minimum Gasteiger partial charge on any atom is -0.351 e. The monoisotopic (exact) mass is 457 g/mol. The van der Waals surface area contributed by atoms with E-state index in [9.17, 15) is 14.4 Å². The van der Waals surface area contributed by atoms with Gasteiger partial charge in [0.1, 0.15) is 5.69 Å². The Bertz CT molecular complexity index is 1320. The number of nitriles is 1. The fourth-order valence-electron chi connectivity index (χ4n) is 3.83. The molecule has 3 N–H and O–H groups in total. The Hall–Kier alpha value is -4.65. The Balaban J connectivity index is 1.79. The highest BCUT2D eigenvalue weighted by Crippen LogP contribution is 2.30. The van der Waals surface area contributed by atoms with E-state index >= 15 is 0 Å². The normalized spacial score (nSPS) is 12.4. The standard InChI is InChI=1S/C24H23N7O3/c1-29(2)23(33)17-5-3-4-16(12-17)21-20(19-14-30(24(26)34)10-11-31(19)28-21)22(32)27-18-8-6-15(13-25)7-9-18/h3-9,12H,10-11,14H2,1-2H3,(H2,26,34)(H,27,32). The molecular formula is C24H23N7O3. The van der Waals surface area contributed by atoms with Crippen molar-refractivity contribution in [3.05, 3.63) is 70.9 Å². The number of carbonyl (C=O) groups is 3. The summed E-state index contributed by atoms with van der Waals surface area (Å²) in [5.41, 5.74) is 8.79. The number of primary amides is 1. The maximum Gasteiger partial charge on any atom is 0.315 e. The molecule has 172 valence electrons. The van der Waals surface area contributed by atoms with Crippen LogP contribution in [0.1, 0.15) is 32.0 Å². The molecular weight excluding hydrogens is 434 g/mol. The van der Waals surface area contributed by atoms with Crippen LogP contribution in [0.5, 0.6) is 0 Å². The van der Waals surface area contributed by atoms with Crippen LogP contribution >= 0.6 is 0 Å².